The molecule has 0 amide bonds. The summed E-state index contributed by atoms with van der Waals surface area (Å²) in [5.74, 6) is -0.244. The topological polar surface area (TPSA) is 56.8 Å². The summed E-state index contributed by atoms with van der Waals surface area (Å²) in [7, 11) is 1.65. The number of carbonyl (C=O) groups excluding carboxylic acids is 1. The molecule has 0 spiro atoms. The predicted octanol–water partition coefficient (Wildman–Crippen LogP) is 0.333. The van der Waals surface area contributed by atoms with Crippen LogP contribution in [0.2, 0.25) is 0 Å². The van der Waals surface area contributed by atoms with Crippen molar-refractivity contribution in [3.05, 3.63) is 0 Å². The predicted molar refractivity (Wildman–Crippen MR) is 59.3 cm³/mol. The summed E-state index contributed by atoms with van der Waals surface area (Å²) in [6.45, 7) is 6.04. The van der Waals surface area contributed by atoms with Crippen LogP contribution in [0.4, 0.5) is 0 Å². The van der Waals surface area contributed by atoms with Gasteiger partial charge in [-0.15, -0.1) is 0 Å². The molecule has 0 aromatic carbocycles. The van der Waals surface area contributed by atoms with Crippen LogP contribution in [0.15, 0.2) is 0 Å². The van der Waals surface area contributed by atoms with Crippen LogP contribution in [0.3, 0.4) is 0 Å². The van der Waals surface area contributed by atoms with Crippen LogP contribution >= 0.6 is 0 Å². The van der Waals surface area contributed by atoms with Crippen LogP contribution in [0, 0.1) is 0 Å². The monoisotopic (exact) mass is 231 g/mol. The second-order valence-corrected chi connectivity index (χ2v) is 4.46. The van der Waals surface area contributed by atoms with E-state index in [1.54, 1.807) is 7.11 Å². The molecule has 5 nitrogen and oxygen atoms in total. The first-order valence-electron chi connectivity index (χ1n) is 5.58. The van der Waals surface area contributed by atoms with Gasteiger partial charge in [-0.2, -0.15) is 0 Å². The van der Waals surface area contributed by atoms with E-state index in [9.17, 15) is 4.79 Å². The molecule has 1 unspecified atom stereocenters. The van der Waals surface area contributed by atoms with Crippen LogP contribution in [0.25, 0.3) is 0 Å². The van der Waals surface area contributed by atoms with Crippen molar-refractivity contribution in [2.45, 2.75) is 31.9 Å². The largest absolute Gasteiger partial charge is 0.464 e. The molecule has 0 aromatic rings. The molecule has 0 bridgehead atoms. The minimum absolute atomic E-state index is 0.244. The van der Waals surface area contributed by atoms with Gasteiger partial charge in [-0.1, -0.05) is 0 Å². The third kappa shape index (κ3) is 4.47. The molecule has 16 heavy (non-hydrogen) atoms. The Morgan fingerprint density at radius 2 is 2.31 bits per heavy atom. The zero-order valence-corrected chi connectivity index (χ0v) is 10.2. The van der Waals surface area contributed by atoms with Gasteiger partial charge in [0, 0.05) is 20.1 Å². The minimum atomic E-state index is -0.320. The van der Waals surface area contributed by atoms with Crippen molar-refractivity contribution < 1.29 is 19.0 Å². The van der Waals surface area contributed by atoms with Crippen molar-refractivity contribution in [2.75, 3.05) is 33.5 Å². The lowest BCUT2D eigenvalue weighted by atomic mass is 10.1. The molecule has 0 aliphatic carbocycles. The summed E-state index contributed by atoms with van der Waals surface area (Å²) in [5.41, 5.74) is -0.253. The number of nitrogens with one attached hydrogen (secondary N) is 1. The quantitative estimate of drug-likeness (QED) is 0.691. The lowest BCUT2D eigenvalue weighted by molar-refractivity contribution is -0.150. The molecule has 0 aromatic heterocycles. The summed E-state index contributed by atoms with van der Waals surface area (Å²) < 4.78 is 15.6. The van der Waals surface area contributed by atoms with Gasteiger partial charge in [0.2, 0.25) is 0 Å². The molecule has 5 heteroatoms. The summed E-state index contributed by atoms with van der Waals surface area (Å²) in [4.78, 5) is 11.6. The van der Waals surface area contributed by atoms with Gasteiger partial charge in [0.15, 0.2) is 0 Å². The van der Waals surface area contributed by atoms with Crippen LogP contribution < -0.4 is 5.32 Å². The van der Waals surface area contributed by atoms with E-state index in [0.29, 0.717) is 32.8 Å². The highest BCUT2D eigenvalue weighted by Crippen LogP contribution is 2.12. The maximum Gasteiger partial charge on any atom is 0.325 e. The Hall–Kier alpha value is -0.650. The van der Waals surface area contributed by atoms with Crippen molar-refractivity contribution in [1.82, 2.24) is 5.32 Å². The average molecular weight is 231 g/mol. The fourth-order valence-electron chi connectivity index (χ4n) is 1.32. The first-order chi connectivity index (χ1) is 7.55. The summed E-state index contributed by atoms with van der Waals surface area (Å²) >= 11 is 0. The van der Waals surface area contributed by atoms with Crippen LogP contribution in [-0.4, -0.2) is 51.1 Å². The molecule has 1 aliphatic rings. The number of methoxy groups -OCH3 is 1. The van der Waals surface area contributed by atoms with E-state index < -0.39 is 0 Å². The molecule has 1 atom stereocenters. The lowest BCUT2D eigenvalue weighted by Gasteiger charge is -2.25. The zero-order valence-electron chi connectivity index (χ0n) is 10.2. The van der Waals surface area contributed by atoms with Crippen LogP contribution in [0.1, 0.15) is 20.3 Å². The fraction of sp³-hybridized carbons (Fsp3) is 0.909. The molecule has 1 aliphatic heterocycles. The standard InChI is InChI=1S/C11H21NO4/c1-11(2,14-3)4-6-16-10(13)9-8-15-7-5-12-9/h9,12H,4-8H2,1-3H3. The van der Waals surface area contributed by atoms with Gasteiger partial charge in [-0.3, -0.25) is 4.79 Å². The van der Waals surface area contributed by atoms with E-state index >= 15 is 0 Å². The Bertz CT molecular complexity index is 224. The second kappa shape index (κ2) is 6.18. The number of esters is 1. The van der Waals surface area contributed by atoms with Crippen molar-refractivity contribution >= 4 is 5.97 Å². The SMILES string of the molecule is COC(C)(C)CCOC(=O)C1COCCN1. The Balaban J connectivity index is 2.19. The Morgan fingerprint density at radius 3 is 2.88 bits per heavy atom. The highest BCUT2D eigenvalue weighted by Gasteiger charge is 2.23. The molecule has 1 heterocycles. The smallest absolute Gasteiger partial charge is 0.325 e. The van der Waals surface area contributed by atoms with Crippen molar-refractivity contribution in [3.63, 3.8) is 0 Å². The Morgan fingerprint density at radius 1 is 1.56 bits per heavy atom. The van der Waals surface area contributed by atoms with E-state index in [-0.39, 0.29) is 17.6 Å². The van der Waals surface area contributed by atoms with Gasteiger partial charge >= 0.3 is 5.97 Å². The van der Waals surface area contributed by atoms with E-state index in [1.807, 2.05) is 13.8 Å². The Kier molecular flexibility index (Phi) is 5.18. The highest BCUT2D eigenvalue weighted by atomic mass is 16.5. The molecule has 1 rings (SSSR count). The van der Waals surface area contributed by atoms with Crippen LogP contribution in [0.5, 0.6) is 0 Å². The third-order valence-corrected chi connectivity index (χ3v) is 2.71. The van der Waals surface area contributed by atoms with Gasteiger partial charge in [-0.05, 0) is 13.8 Å². The van der Waals surface area contributed by atoms with Gasteiger partial charge in [-0.25, -0.2) is 0 Å². The van der Waals surface area contributed by atoms with E-state index in [1.165, 1.54) is 0 Å². The van der Waals surface area contributed by atoms with E-state index in [0.717, 1.165) is 0 Å². The number of carbonyl (C=O) groups is 1. The number of ether oxygens (including phenoxy) is 3. The summed E-state index contributed by atoms with van der Waals surface area (Å²) in [6.07, 6.45) is 0.683. The summed E-state index contributed by atoms with van der Waals surface area (Å²) in [5, 5.41) is 3.05. The van der Waals surface area contributed by atoms with Gasteiger partial charge < -0.3 is 19.5 Å². The molecule has 0 radical (unpaired) electrons. The molecule has 1 saturated heterocycles. The van der Waals surface area contributed by atoms with Crippen LogP contribution in [-0.2, 0) is 19.0 Å². The molecular weight excluding hydrogens is 210 g/mol. The van der Waals surface area contributed by atoms with Gasteiger partial charge in [0.25, 0.3) is 0 Å². The van der Waals surface area contributed by atoms with E-state index in [4.69, 9.17) is 14.2 Å². The van der Waals surface area contributed by atoms with Crippen molar-refractivity contribution in [2.24, 2.45) is 0 Å². The number of hydrogen-bond acceptors (Lipinski definition) is 5. The molecule has 1 fully saturated rings. The minimum Gasteiger partial charge on any atom is -0.464 e. The van der Waals surface area contributed by atoms with Gasteiger partial charge in [0.1, 0.15) is 6.04 Å². The Labute approximate surface area is 96.4 Å². The third-order valence-electron chi connectivity index (χ3n) is 2.71. The highest BCUT2D eigenvalue weighted by molar-refractivity contribution is 5.76. The maximum absolute atomic E-state index is 11.6. The number of hydrogen-bond donors (Lipinski definition) is 1. The molecule has 1 N–H and O–H groups in total. The zero-order chi connectivity index (χ0) is 12.0. The van der Waals surface area contributed by atoms with Crippen molar-refractivity contribution in [1.29, 1.82) is 0 Å². The average Bonchev–Trinajstić information content (AvgIpc) is 2.30. The molecule has 0 saturated carbocycles. The first-order valence-corrected chi connectivity index (χ1v) is 5.58. The fourth-order valence-corrected chi connectivity index (χ4v) is 1.32. The number of rotatable bonds is 5. The van der Waals surface area contributed by atoms with E-state index in [2.05, 4.69) is 5.32 Å². The number of morpholine rings is 1. The second-order valence-electron chi connectivity index (χ2n) is 4.46. The molecule has 94 valence electrons. The normalized spacial score (nSPS) is 21.8. The van der Waals surface area contributed by atoms with Gasteiger partial charge in [0.05, 0.1) is 25.4 Å². The lowest BCUT2D eigenvalue weighted by Crippen LogP contribution is -2.47. The molecular formula is C11H21NO4. The first kappa shape index (κ1) is 13.4. The maximum atomic E-state index is 11.6. The van der Waals surface area contributed by atoms with Crippen molar-refractivity contribution in [3.8, 4) is 0 Å². The summed E-state index contributed by atoms with van der Waals surface area (Å²) in [6, 6.07) is -0.320.